The minimum Gasteiger partial charge on any atom is -0.487 e. The number of nitrogens with two attached hydrogens (primary N) is 1. The molecule has 0 radical (unpaired) electrons. The van der Waals surface area contributed by atoms with E-state index in [-0.39, 0.29) is 75.2 Å². The molecule has 0 saturated heterocycles. The van der Waals surface area contributed by atoms with Crippen LogP contribution in [-0.4, -0.2) is 87.2 Å². The molecule has 17 nitrogen and oxygen atoms in total. The van der Waals surface area contributed by atoms with Crippen LogP contribution in [0.1, 0.15) is 131 Å². The van der Waals surface area contributed by atoms with Crippen LogP contribution in [-0.2, 0) is 51.6 Å². The van der Waals surface area contributed by atoms with Crippen molar-refractivity contribution in [2.75, 3.05) is 19.7 Å². The van der Waals surface area contributed by atoms with Crippen molar-refractivity contribution in [1.29, 1.82) is 0 Å². The number of carbonyl (C=O) groups is 5. The summed E-state index contributed by atoms with van der Waals surface area (Å²) in [4.78, 5) is 72.9. The summed E-state index contributed by atoms with van der Waals surface area (Å²) in [6.07, 6.45) is 2.18. The van der Waals surface area contributed by atoms with Gasteiger partial charge in [-0.15, -0.1) is 6.58 Å². The Morgan fingerprint density at radius 3 is 2.13 bits per heavy atom. The normalized spacial score (nSPS) is 15.0. The number of amides is 3. The number of ether oxygens (including phenoxy) is 4. The Morgan fingerprint density at radius 1 is 0.831 bits per heavy atom. The molecule has 414 valence electrons. The largest absolute Gasteiger partial charge is 0.487 e. The number of unbranched alkanes of at least 4 members (excludes halogenated alkanes) is 1. The van der Waals surface area contributed by atoms with Crippen molar-refractivity contribution in [3.05, 3.63) is 130 Å². The van der Waals surface area contributed by atoms with Crippen LogP contribution in [0.25, 0.3) is 11.1 Å². The van der Waals surface area contributed by atoms with Crippen LogP contribution in [0.4, 0.5) is 9.59 Å². The van der Waals surface area contributed by atoms with Crippen molar-refractivity contribution in [1.82, 2.24) is 20.7 Å². The molecule has 0 spiro atoms. The van der Waals surface area contributed by atoms with Crippen molar-refractivity contribution < 1.29 is 51.3 Å². The fraction of sp³-hybridized carbons (Fsp3) is 0.458. The second kappa shape index (κ2) is 26.2. The molecular weight excluding hydrogens is 1000 g/mol. The zero-order valence-electron chi connectivity index (χ0n) is 45.7. The smallest absolute Gasteiger partial charge is 0.407 e. The molecule has 77 heavy (non-hydrogen) atoms. The van der Waals surface area contributed by atoms with Crippen molar-refractivity contribution >= 4 is 45.8 Å². The molecule has 1 heterocycles. The van der Waals surface area contributed by atoms with Gasteiger partial charge >= 0.3 is 18.2 Å². The standard InChI is InChI=1S/C59H76N6O11S/c1-10-21-49(54(68)73-35-40-22-12-11-13-23-40)63-53(67)41(24-20-33-61-55(60)65-77(71,72)52-38(3)37(2)51-42(39(52)4)30-31-59(8,9)75-51)34-50(66)48(29-18-19-32-62-56(69)76-58(5,6)7)64-57(70)74-36-47-45-27-16-14-25-43(45)44-26-15-17-28-46(44)47/h10-17,22-23,25-28,41,47-49H,1,18-21,24,29-36H2,2-9H3,(H,62,69)(H,63,67)(H,64,70)(H3,60,61,65)/t41-,48+,49-/m0/s1. The van der Waals surface area contributed by atoms with E-state index in [1.54, 1.807) is 46.8 Å². The number of carbonyl (C=O) groups excluding carboxylic acids is 5. The molecule has 0 saturated carbocycles. The van der Waals surface area contributed by atoms with E-state index in [2.05, 4.69) is 32.2 Å². The summed E-state index contributed by atoms with van der Waals surface area (Å²) < 4.78 is 53.4. The number of guanidine groups is 1. The highest BCUT2D eigenvalue weighted by Gasteiger charge is 2.35. The maximum atomic E-state index is 14.6. The molecule has 6 N–H and O–H groups in total. The van der Waals surface area contributed by atoms with Gasteiger partial charge in [-0.25, -0.2) is 27.5 Å². The lowest BCUT2D eigenvalue weighted by Crippen LogP contribution is -2.46. The molecule has 1 aliphatic carbocycles. The SMILES string of the molecule is C=CC[C@H](NC(=O)[C@@H](CCCN=C(N)NS(=O)(=O)c1c(C)c(C)c2c(c1C)CCC(C)(C)O2)CC(=O)[C@@H](CCCCNC(=O)OC(C)(C)C)NC(=O)OCC1c2ccccc2-c2ccccc21)C(=O)OCc1ccccc1. The van der Waals surface area contributed by atoms with Crippen LogP contribution in [0.3, 0.4) is 0 Å². The average molecular weight is 1080 g/mol. The highest BCUT2D eigenvalue weighted by Crippen LogP contribution is 2.45. The Labute approximate surface area is 453 Å². The van der Waals surface area contributed by atoms with E-state index in [0.29, 0.717) is 42.6 Å². The third kappa shape index (κ3) is 16.2. The summed E-state index contributed by atoms with van der Waals surface area (Å²) in [5.74, 6) is -2.81. The van der Waals surface area contributed by atoms with Crippen LogP contribution in [0.15, 0.2) is 101 Å². The number of nitrogens with zero attached hydrogens (tertiary/aromatic N) is 1. The van der Waals surface area contributed by atoms with Gasteiger partial charge in [0.25, 0.3) is 10.0 Å². The molecule has 1 aliphatic heterocycles. The van der Waals surface area contributed by atoms with Crippen molar-refractivity contribution in [2.24, 2.45) is 16.6 Å². The quantitative estimate of drug-likeness (QED) is 0.0110. The topological polar surface area (TPSA) is 243 Å². The van der Waals surface area contributed by atoms with Gasteiger partial charge in [0.2, 0.25) is 11.9 Å². The van der Waals surface area contributed by atoms with Crippen molar-refractivity contribution in [2.45, 2.75) is 154 Å². The summed E-state index contributed by atoms with van der Waals surface area (Å²) in [7, 11) is -4.21. The lowest BCUT2D eigenvalue weighted by Gasteiger charge is -2.35. The predicted octanol–water partition coefficient (Wildman–Crippen LogP) is 9.07. The number of fused-ring (bicyclic) bond motifs is 4. The minimum absolute atomic E-state index is 0.00387. The molecule has 3 amide bonds. The summed E-state index contributed by atoms with van der Waals surface area (Å²) in [6.45, 7) is 18.5. The first-order valence-electron chi connectivity index (χ1n) is 26.4. The predicted molar refractivity (Wildman–Crippen MR) is 296 cm³/mol. The van der Waals surface area contributed by atoms with E-state index < -0.39 is 69.1 Å². The van der Waals surface area contributed by atoms with Gasteiger partial charge in [-0.3, -0.25) is 14.6 Å². The van der Waals surface area contributed by atoms with Gasteiger partial charge in [-0.1, -0.05) is 84.9 Å². The van der Waals surface area contributed by atoms with Crippen LogP contribution in [0.5, 0.6) is 5.75 Å². The fourth-order valence-corrected chi connectivity index (χ4v) is 11.3. The molecular formula is C59H76N6O11S. The first-order valence-corrected chi connectivity index (χ1v) is 27.8. The number of esters is 1. The highest BCUT2D eigenvalue weighted by molar-refractivity contribution is 7.90. The highest BCUT2D eigenvalue weighted by atomic mass is 32.2. The second-order valence-electron chi connectivity index (χ2n) is 21.4. The van der Waals surface area contributed by atoms with Gasteiger partial charge in [-0.05, 0) is 157 Å². The van der Waals surface area contributed by atoms with Gasteiger partial charge in [0.15, 0.2) is 5.78 Å². The number of Topliss-reactive ketones (excluding diaryl/α,β-unsaturated/α-hetero) is 1. The molecule has 2 aliphatic rings. The van der Waals surface area contributed by atoms with E-state index in [1.807, 2.05) is 87.5 Å². The van der Waals surface area contributed by atoms with E-state index in [9.17, 15) is 32.4 Å². The van der Waals surface area contributed by atoms with E-state index in [4.69, 9.17) is 24.7 Å². The molecule has 0 aromatic heterocycles. The number of benzene rings is 4. The number of aliphatic imine (C=N–C) groups is 1. The number of ketones is 1. The molecule has 0 fully saturated rings. The lowest BCUT2D eigenvalue weighted by molar-refractivity contribution is -0.149. The average Bonchev–Trinajstić information content (AvgIpc) is 3.73. The summed E-state index contributed by atoms with van der Waals surface area (Å²) in [6, 6.07) is 22.6. The molecule has 0 unspecified atom stereocenters. The first-order chi connectivity index (χ1) is 36.5. The zero-order valence-corrected chi connectivity index (χ0v) is 46.5. The first kappa shape index (κ1) is 59.0. The van der Waals surface area contributed by atoms with E-state index >= 15 is 0 Å². The minimum atomic E-state index is -4.21. The maximum absolute atomic E-state index is 14.6. The summed E-state index contributed by atoms with van der Waals surface area (Å²) >= 11 is 0. The molecule has 3 atom stereocenters. The number of hydrogen-bond acceptors (Lipinski definition) is 12. The number of alkyl carbamates (subject to hydrolysis) is 2. The van der Waals surface area contributed by atoms with Crippen molar-refractivity contribution in [3.63, 3.8) is 0 Å². The van der Waals surface area contributed by atoms with Gasteiger partial charge < -0.3 is 40.6 Å². The molecule has 18 heteroatoms. The fourth-order valence-electron chi connectivity index (χ4n) is 9.79. The zero-order chi connectivity index (χ0) is 56.1. The van der Waals surface area contributed by atoms with Gasteiger partial charge in [0.1, 0.15) is 36.2 Å². The Morgan fingerprint density at radius 2 is 1.48 bits per heavy atom. The van der Waals surface area contributed by atoms with Crippen LogP contribution >= 0.6 is 0 Å². The number of sulfonamides is 1. The molecule has 4 aromatic rings. The molecule has 4 aromatic carbocycles. The Balaban J connectivity index is 1.19. The monoisotopic (exact) mass is 1080 g/mol. The third-order valence-corrected chi connectivity index (χ3v) is 15.5. The third-order valence-electron chi connectivity index (χ3n) is 13.8. The summed E-state index contributed by atoms with van der Waals surface area (Å²) in [5, 5.41) is 8.26. The maximum Gasteiger partial charge on any atom is 0.407 e. The molecule has 6 rings (SSSR count). The van der Waals surface area contributed by atoms with Crippen molar-refractivity contribution in [3.8, 4) is 16.9 Å². The van der Waals surface area contributed by atoms with Gasteiger partial charge in [-0.2, -0.15) is 0 Å². The van der Waals surface area contributed by atoms with Gasteiger partial charge in [0.05, 0.1) is 10.9 Å². The second-order valence-corrected chi connectivity index (χ2v) is 23.0. The lowest BCUT2D eigenvalue weighted by atomic mass is 9.88. The van der Waals surface area contributed by atoms with E-state index in [0.717, 1.165) is 38.9 Å². The Bertz CT molecular complexity index is 2890. The Hall–Kier alpha value is -7.21. The number of hydrogen-bond donors (Lipinski definition) is 5. The van der Waals surface area contributed by atoms with Gasteiger partial charge in [0, 0.05) is 31.3 Å². The van der Waals surface area contributed by atoms with E-state index in [1.165, 1.54) is 6.08 Å². The van der Waals surface area contributed by atoms with Crippen LogP contribution < -0.4 is 31.1 Å². The number of nitrogens with one attached hydrogen (secondary N) is 4. The van der Waals surface area contributed by atoms with Crippen LogP contribution in [0.2, 0.25) is 0 Å². The van der Waals surface area contributed by atoms with Crippen LogP contribution in [0, 0.1) is 26.7 Å². The summed E-state index contributed by atoms with van der Waals surface area (Å²) in [5.41, 5.74) is 12.7. The Kier molecular flexibility index (Phi) is 20.1. The molecule has 0 bridgehead atoms. The number of rotatable bonds is 24.